The number of esters is 1. The maximum absolute atomic E-state index is 13.9. The highest BCUT2D eigenvalue weighted by Crippen LogP contribution is 2.26. The van der Waals surface area contributed by atoms with Gasteiger partial charge in [-0.05, 0) is 29.8 Å². The quantitative estimate of drug-likeness (QED) is 0.713. The van der Waals surface area contributed by atoms with E-state index >= 15 is 0 Å². The number of benzene rings is 2. The summed E-state index contributed by atoms with van der Waals surface area (Å²) in [5, 5.41) is 0. The van der Waals surface area contributed by atoms with Gasteiger partial charge in [0.05, 0.1) is 27.2 Å². The van der Waals surface area contributed by atoms with Gasteiger partial charge in [-0.2, -0.15) is 0 Å². The number of hydrogen-bond acceptors (Lipinski definition) is 5. The number of halogens is 1. The van der Waals surface area contributed by atoms with Crippen molar-refractivity contribution in [2.45, 2.75) is 25.0 Å². The lowest BCUT2D eigenvalue weighted by Gasteiger charge is -2.22. The van der Waals surface area contributed by atoms with Gasteiger partial charge in [-0.25, -0.2) is 9.18 Å². The van der Waals surface area contributed by atoms with E-state index in [1.54, 1.807) is 37.4 Å². The molecule has 28 heavy (non-hydrogen) atoms. The number of rotatable bonds is 6. The largest absolute Gasteiger partial charge is 0.497 e. The van der Waals surface area contributed by atoms with Crippen LogP contribution in [-0.4, -0.2) is 49.7 Å². The molecule has 3 rings (SSSR count). The zero-order valence-electron chi connectivity index (χ0n) is 15.8. The van der Waals surface area contributed by atoms with Crippen molar-refractivity contribution in [1.29, 1.82) is 0 Å². The van der Waals surface area contributed by atoms with Crippen molar-refractivity contribution in [2.24, 2.45) is 0 Å². The van der Waals surface area contributed by atoms with Gasteiger partial charge in [-0.15, -0.1) is 0 Å². The average molecular weight is 387 g/mol. The summed E-state index contributed by atoms with van der Waals surface area (Å²) in [7, 11) is 2.83. The van der Waals surface area contributed by atoms with Gasteiger partial charge in [0.25, 0.3) is 0 Å². The summed E-state index contributed by atoms with van der Waals surface area (Å²) in [6.07, 6.45) is -0.155. The fourth-order valence-corrected chi connectivity index (χ4v) is 3.30. The second-order valence-corrected chi connectivity index (χ2v) is 6.52. The first-order valence-corrected chi connectivity index (χ1v) is 8.93. The van der Waals surface area contributed by atoms with Crippen molar-refractivity contribution in [1.82, 2.24) is 4.90 Å². The van der Waals surface area contributed by atoms with Gasteiger partial charge in [0.15, 0.2) is 11.6 Å². The average Bonchev–Trinajstić information content (AvgIpc) is 3.13. The Morgan fingerprint density at radius 3 is 2.64 bits per heavy atom. The molecule has 2 aromatic carbocycles. The van der Waals surface area contributed by atoms with E-state index < -0.39 is 23.9 Å². The first-order chi connectivity index (χ1) is 13.5. The van der Waals surface area contributed by atoms with E-state index in [4.69, 9.17) is 14.2 Å². The highest BCUT2D eigenvalue weighted by Gasteiger charge is 2.41. The van der Waals surface area contributed by atoms with Crippen LogP contribution in [0.25, 0.3) is 0 Å². The molecular formula is C21H22FNO5. The molecule has 0 bridgehead atoms. The Labute approximate surface area is 162 Å². The van der Waals surface area contributed by atoms with E-state index in [1.807, 2.05) is 6.07 Å². The summed E-state index contributed by atoms with van der Waals surface area (Å²) < 4.78 is 29.6. The second kappa shape index (κ2) is 8.73. The van der Waals surface area contributed by atoms with Gasteiger partial charge >= 0.3 is 5.97 Å². The Balaban J connectivity index is 1.74. The number of hydrogen-bond donors (Lipinski definition) is 0. The fourth-order valence-electron chi connectivity index (χ4n) is 3.30. The molecule has 1 amide bonds. The van der Waals surface area contributed by atoms with Gasteiger partial charge < -0.3 is 19.1 Å². The summed E-state index contributed by atoms with van der Waals surface area (Å²) in [4.78, 5) is 26.5. The van der Waals surface area contributed by atoms with Crippen LogP contribution in [-0.2, 0) is 20.7 Å². The van der Waals surface area contributed by atoms with Crippen LogP contribution in [0.15, 0.2) is 48.5 Å². The highest BCUT2D eigenvalue weighted by molar-refractivity contribution is 5.86. The molecular weight excluding hydrogens is 365 g/mol. The Hall–Kier alpha value is -3.09. The highest BCUT2D eigenvalue weighted by atomic mass is 19.1. The maximum atomic E-state index is 13.9. The number of methoxy groups -OCH3 is 2. The Kier molecular flexibility index (Phi) is 6.13. The monoisotopic (exact) mass is 387 g/mol. The molecule has 0 aromatic heterocycles. The number of amides is 1. The molecule has 1 heterocycles. The minimum Gasteiger partial charge on any atom is -0.497 e. The molecule has 1 saturated heterocycles. The lowest BCUT2D eigenvalue weighted by Crippen LogP contribution is -2.42. The molecule has 0 N–H and O–H groups in total. The zero-order chi connectivity index (χ0) is 20.1. The van der Waals surface area contributed by atoms with Crippen molar-refractivity contribution >= 4 is 11.9 Å². The molecule has 0 spiro atoms. The van der Waals surface area contributed by atoms with Crippen molar-refractivity contribution in [3.05, 3.63) is 59.9 Å². The molecule has 1 aliphatic heterocycles. The summed E-state index contributed by atoms with van der Waals surface area (Å²) in [5.41, 5.74) is 0.770. The molecule has 7 heteroatoms. The number of carbonyl (C=O) groups excluding carboxylic acids is 2. The van der Waals surface area contributed by atoms with Gasteiger partial charge in [-0.3, -0.25) is 4.79 Å². The molecule has 2 aromatic rings. The van der Waals surface area contributed by atoms with Gasteiger partial charge in [0.1, 0.15) is 17.9 Å². The van der Waals surface area contributed by atoms with Crippen LogP contribution in [0.1, 0.15) is 12.0 Å². The van der Waals surface area contributed by atoms with Gasteiger partial charge in [0, 0.05) is 6.42 Å². The molecule has 1 aliphatic rings. The summed E-state index contributed by atoms with van der Waals surface area (Å²) >= 11 is 0. The summed E-state index contributed by atoms with van der Waals surface area (Å²) in [6.45, 7) is 0.177. The number of likely N-dealkylation sites (tertiary alicyclic amines) is 1. The third-order valence-electron chi connectivity index (χ3n) is 4.68. The first-order valence-electron chi connectivity index (χ1n) is 8.93. The van der Waals surface area contributed by atoms with E-state index in [0.717, 1.165) is 5.56 Å². The van der Waals surface area contributed by atoms with Gasteiger partial charge in [-0.1, -0.05) is 24.3 Å². The summed E-state index contributed by atoms with van der Waals surface area (Å²) in [5.74, 6) is -0.490. The number of para-hydroxylation sites is 1. The van der Waals surface area contributed by atoms with E-state index in [1.165, 1.54) is 24.1 Å². The minimum atomic E-state index is -0.764. The number of nitrogens with zero attached hydrogens (tertiary/aromatic N) is 1. The standard InChI is InChI=1S/C21H22FNO5/c1-26-15-7-5-6-14(10-15)11-20(24)23-13-16(12-18(23)21(25)27-2)28-19-9-4-3-8-17(19)22/h3-10,16,18H,11-13H2,1-2H3/t16-,18-/m0/s1. The van der Waals surface area contributed by atoms with E-state index in [2.05, 4.69) is 0 Å². The van der Waals surface area contributed by atoms with E-state index in [9.17, 15) is 14.0 Å². The molecule has 0 unspecified atom stereocenters. The normalized spacial score (nSPS) is 18.6. The van der Waals surface area contributed by atoms with E-state index in [-0.39, 0.29) is 31.0 Å². The maximum Gasteiger partial charge on any atom is 0.328 e. The Morgan fingerprint density at radius 1 is 1.14 bits per heavy atom. The predicted molar refractivity (Wildman–Crippen MR) is 99.6 cm³/mol. The van der Waals surface area contributed by atoms with Crippen LogP contribution in [0, 0.1) is 5.82 Å². The second-order valence-electron chi connectivity index (χ2n) is 6.52. The third-order valence-corrected chi connectivity index (χ3v) is 4.68. The molecule has 148 valence electrons. The van der Waals surface area contributed by atoms with Crippen LogP contribution in [0.2, 0.25) is 0 Å². The molecule has 6 nitrogen and oxygen atoms in total. The van der Waals surface area contributed by atoms with Crippen molar-refractivity contribution < 1.29 is 28.2 Å². The smallest absolute Gasteiger partial charge is 0.328 e. The lowest BCUT2D eigenvalue weighted by molar-refractivity contribution is -0.150. The molecule has 2 atom stereocenters. The van der Waals surface area contributed by atoms with Crippen molar-refractivity contribution in [3.63, 3.8) is 0 Å². The van der Waals surface area contributed by atoms with E-state index in [0.29, 0.717) is 5.75 Å². The predicted octanol–water partition coefficient (Wildman–Crippen LogP) is 2.60. The SMILES string of the molecule is COC(=O)[C@@H]1C[C@H](Oc2ccccc2F)CN1C(=O)Cc1cccc(OC)c1. The zero-order valence-corrected chi connectivity index (χ0v) is 15.8. The number of carbonyl (C=O) groups is 2. The van der Waals surface area contributed by atoms with Crippen LogP contribution in [0.3, 0.4) is 0 Å². The summed E-state index contributed by atoms with van der Waals surface area (Å²) in [6, 6.07) is 12.5. The third kappa shape index (κ3) is 4.42. The van der Waals surface area contributed by atoms with Crippen LogP contribution < -0.4 is 9.47 Å². The fraction of sp³-hybridized carbons (Fsp3) is 0.333. The molecule has 0 aliphatic carbocycles. The van der Waals surface area contributed by atoms with Crippen LogP contribution in [0.4, 0.5) is 4.39 Å². The molecule has 0 saturated carbocycles. The minimum absolute atomic E-state index is 0.0956. The molecule has 1 fully saturated rings. The lowest BCUT2D eigenvalue weighted by atomic mass is 10.1. The van der Waals surface area contributed by atoms with Crippen molar-refractivity contribution in [3.8, 4) is 11.5 Å². The van der Waals surface area contributed by atoms with Crippen LogP contribution in [0.5, 0.6) is 11.5 Å². The Bertz CT molecular complexity index is 856. The molecule has 0 radical (unpaired) electrons. The topological polar surface area (TPSA) is 65.1 Å². The number of ether oxygens (including phenoxy) is 3. The Morgan fingerprint density at radius 2 is 1.93 bits per heavy atom. The first kappa shape index (κ1) is 19.7. The van der Waals surface area contributed by atoms with Crippen molar-refractivity contribution in [2.75, 3.05) is 20.8 Å². The van der Waals surface area contributed by atoms with Crippen LogP contribution >= 0.6 is 0 Å². The van der Waals surface area contributed by atoms with Gasteiger partial charge in [0.2, 0.25) is 5.91 Å².